The summed E-state index contributed by atoms with van der Waals surface area (Å²) in [5.74, 6) is -0.815. The number of aliphatic carboxylic acids is 1. The van der Waals surface area contributed by atoms with Crippen molar-refractivity contribution < 1.29 is 37.1 Å². The summed E-state index contributed by atoms with van der Waals surface area (Å²) in [5, 5.41) is 11.6. The molecule has 0 aliphatic carbocycles. The van der Waals surface area contributed by atoms with Crippen molar-refractivity contribution in [3.8, 4) is 5.75 Å². The highest BCUT2D eigenvalue weighted by Crippen LogP contribution is 2.38. The molecule has 2 aromatic rings. The molecule has 0 saturated carbocycles. The van der Waals surface area contributed by atoms with Crippen LogP contribution in [0.5, 0.6) is 5.75 Å². The van der Waals surface area contributed by atoms with Crippen molar-refractivity contribution in [3.05, 3.63) is 23.4 Å². The quantitative estimate of drug-likeness (QED) is 0.500. The average Bonchev–Trinajstić information content (AvgIpc) is 3.11. The van der Waals surface area contributed by atoms with E-state index >= 15 is 0 Å². The molecule has 1 aromatic carbocycles. The Morgan fingerprint density at radius 2 is 1.94 bits per heavy atom. The van der Waals surface area contributed by atoms with Crippen LogP contribution >= 0.6 is 0 Å². The number of carbonyl (C=O) groups is 2. The minimum absolute atomic E-state index is 0.0358. The van der Waals surface area contributed by atoms with E-state index in [0.717, 1.165) is 0 Å². The number of nitrogens with two attached hydrogens (primary N) is 2. The van der Waals surface area contributed by atoms with E-state index in [0.29, 0.717) is 30.6 Å². The molecule has 11 heteroatoms. The maximum absolute atomic E-state index is 12.9. The summed E-state index contributed by atoms with van der Waals surface area (Å²) in [6.07, 6.45) is -3.15. The molecule has 0 radical (unpaired) electrons. The van der Waals surface area contributed by atoms with Crippen LogP contribution < -0.4 is 16.2 Å². The molecule has 1 atom stereocenters. The second kappa shape index (κ2) is 11.5. The molecular weight excluding hydrogens is 419 g/mol. The van der Waals surface area contributed by atoms with Gasteiger partial charge >= 0.3 is 12.1 Å². The van der Waals surface area contributed by atoms with Crippen LogP contribution in [0.2, 0.25) is 0 Å². The summed E-state index contributed by atoms with van der Waals surface area (Å²) < 4.78 is 49.1. The smallest absolute Gasteiger partial charge is 0.437 e. The Morgan fingerprint density at radius 3 is 2.39 bits per heavy atom. The monoisotopic (exact) mass is 447 g/mol. The van der Waals surface area contributed by atoms with Gasteiger partial charge in [0.25, 0.3) is 0 Å². The zero-order chi connectivity index (χ0) is 23.8. The Balaban J connectivity index is 0.000000512. The molecule has 0 bridgehead atoms. The number of hydrogen-bond acceptors (Lipinski definition) is 6. The first-order chi connectivity index (χ1) is 14.4. The highest BCUT2D eigenvalue weighted by molar-refractivity contribution is 5.85. The van der Waals surface area contributed by atoms with Crippen molar-refractivity contribution in [2.45, 2.75) is 58.7 Å². The van der Waals surface area contributed by atoms with Gasteiger partial charge in [0.15, 0.2) is 11.3 Å². The van der Waals surface area contributed by atoms with Crippen LogP contribution in [0.1, 0.15) is 51.3 Å². The fourth-order valence-corrected chi connectivity index (χ4v) is 2.60. The average molecular weight is 447 g/mol. The molecule has 174 valence electrons. The van der Waals surface area contributed by atoms with Gasteiger partial charge in [-0.05, 0) is 30.9 Å². The van der Waals surface area contributed by atoms with Gasteiger partial charge in [-0.25, -0.2) is 0 Å². The lowest BCUT2D eigenvalue weighted by atomic mass is 10.0. The maximum atomic E-state index is 12.9. The number of ether oxygens (including phenoxy) is 1. The number of amides is 1. The number of alkyl halides is 3. The number of halogens is 3. The van der Waals surface area contributed by atoms with Gasteiger partial charge in [0.05, 0.1) is 18.0 Å². The third kappa shape index (κ3) is 7.74. The SMILES string of the molecule is CC(C)C(N)C(N)=O.CCCc1c(OCCCC(=O)O)ccc2c(C(F)(F)F)noc12. The molecular formula is C20H28F3N3O5. The van der Waals surface area contributed by atoms with E-state index in [-0.39, 0.29) is 29.9 Å². The van der Waals surface area contributed by atoms with Gasteiger partial charge in [-0.1, -0.05) is 32.3 Å². The third-order valence-corrected chi connectivity index (χ3v) is 4.31. The zero-order valence-corrected chi connectivity index (χ0v) is 17.7. The summed E-state index contributed by atoms with van der Waals surface area (Å²) >= 11 is 0. The molecule has 0 saturated heterocycles. The Morgan fingerprint density at radius 1 is 1.29 bits per heavy atom. The Hall–Kier alpha value is -2.82. The topological polar surface area (TPSA) is 142 Å². The van der Waals surface area contributed by atoms with Crippen LogP contribution in [0.3, 0.4) is 0 Å². The normalized spacial score (nSPS) is 12.4. The van der Waals surface area contributed by atoms with Gasteiger partial charge in [0.2, 0.25) is 5.91 Å². The standard InChI is InChI=1S/C15H16F3NO4.C5H12N2O/c1-2-4-9-11(22-8-3-5-12(20)21)7-6-10-13(9)23-19-14(10)15(16,17)18;1-3(2)4(6)5(7)8/h6-7H,2-5,8H2,1H3,(H,20,21);3-4H,6H2,1-2H3,(H2,7,8). The van der Waals surface area contributed by atoms with Crippen molar-refractivity contribution in [2.75, 3.05) is 6.61 Å². The van der Waals surface area contributed by atoms with Crippen LogP contribution in [0.15, 0.2) is 16.7 Å². The van der Waals surface area contributed by atoms with E-state index in [9.17, 15) is 22.8 Å². The van der Waals surface area contributed by atoms with Gasteiger partial charge in [0, 0.05) is 12.0 Å². The van der Waals surface area contributed by atoms with Crippen LogP contribution in [0.4, 0.5) is 13.2 Å². The number of carbonyl (C=O) groups excluding carboxylic acids is 1. The predicted octanol–water partition coefficient (Wildman–Crippen LogP) is 3.50. The largest absolute Gasteiger partial charge is 0.493 e. The second-order valence-corrected chi connectivity index (χ2v) is 7.22. The number of carboxylic acid groups (broad SMARTS) is 1. The van der Waals surface area contributed by atoms with Crippen molar-refractivity contribution >= 4 is 22.8 Å². The summed E-state index contributed by atoms with van der Waals surface area (Å²) in [4.78, 5) is 20.7. The van der Waals surface area contributed by atoms with Crippen LogP contribution in [-0.4, -0.2) is 34.8 Å². The summed E-state index contributed by atoms with van der Waals surface area (Å²) in [6.45, 7) is 5.76. The molecule has 1 amide bonds. The van der Waals surface area contributed by atoms with Crippen LogP contribution in [0, 0.1) is 5.92 Å². The maximum Gasteiger partial charge on any atom is 0.437 e. The molecule has 8 nitrogen and oxygen atoms in total. The molecule has 2 rings (SSSR count). The number of primary amides is 1. The third-order valence-electron chi connectivity index (χ3n) is 4.31. The van der Waals surface area contributed by atoms with Gasteiger partial charge in [-0.2, -0.15) is 13.2 Å². The number of nitrogens with zero attached hydrogens (tertiary/aromatic N) is 1. The molecule has 31 heavy (non-hydrogen) atoms. The van der Waals surface area contributed by atoms with Crippen molar-refractivity contribution in [2.24, 2.45) is 17.4 Å². The van der Waals surface area contributed by atoms with Crippen molar-refractivity contribution in [3.63, 3.8) is 0 Å². The number of rotatable bonds is 9. The highest BCUT2D eigenvalue weighted by atomic mass is 19.4. The van der Waals surface area contributed by atoms with Crippen LogP contribution in [-0.2, 0) is 22.2 Å². The number of benzene rings is 1. The first kappa shape index (κ1) is 26.2. The predicted molar refractivity (Wildman–Crippen MR) is 107 cm³/mol. The van der Waals surface area contributed by atoms with E-state index in [4.69, 9.17) is 25.8 Å². The Kier molecular flexibility index (Phi) is 9.76. The number of hydrogen-bond donors (Lipinski definition) is 3. The molecule has 0 aliphatic heterocycles. The fraction of sp³-hybridized carbons (Fsp3) is 0.550. The van der Waals surface area contributed by atoms with E-state index in [2.05, 4.69) is 5.16 Å². The molecule has 5 N–H and O–H groups in total. The lowest BCUT2D eigenvalue weighted by Gasteiger charge is -2.11. The van der Waals surface area contributed by atoms with Gasteiger partial charge in [-0.15, -0.1) is 0 Å². The highest BCUT2D eigenvalue weighted by Gasteiger charge is 2.37. The van der Waals surface area contributed by atoms with Crippen molar-refractivity contribution in [1.82, 2.24) is 5.16 Å². The van der Waals surface area contributed by atoms with E-state index < -0.39 is 29.8 Å². The molecule has 1 unspecified atom stereocenters. The minimum Gasteiger partial charge on any atom is -0.493 e. The lowest BCUT2D eigenvalue weighted by molar-refractivity contribution is -0.141. The molecule has 0 aliphatic rings. The number of carboxylic acids is 1. The first-order valence-electron chi connectivity index (χ1n) is 9.78. The fourth-order valence-electron chi connectivity index (χ4n) is 2.60. The Bertz CT molecular complexity index is 881. The summed E-state index contributed by atoms with van der Waals surface area (Å²) in [6, 6.07) is 2.22. The summed E-state index contributed by atoms with van der Waals surface area (Å²) in [7, 11) is 0. The van der Waals surface area contributed by atoms with E-state index in [1.54, 1.807) is 0 Å². The molecule has 1 aromatic heterocycles. The zero-order valence-electron chi connectivity index (χ0n) is 17.7. The van der Waals surface area contributed by atoms with E-state index in [1.165, 1.54) is 12.1 Å². The van der Waals surface area contributed by atoms with E-state index in [1.807, 2.05) is 20.8 Å². The van der Waals surface area contributed by atoms with Crippen LogP contribution in [0.25, 0.3) is 11.0 Å². The Labute approximate surface area is 177 Å². The number of aromatic nitrogens is 1. The first-order valence-corrected chi connectivity index (χ1v) is 9.78. The summed E-state index contributed by atoms with van der Waals surface area (Å²) in [5.41, 5.74) is 9.69. The van der Waals surface area contributed by atoms with Crippen molar-refractivity contribution in [1.29, 1.82) is 0 Å². The second-order valence-electron chi connectivity index (χ2n) is 7.22. The van der Waals surface area contributed by atoms with Gasteiger partial charge < -0.3 is 25.8 Å². The molecule has 0 spiro atoms. The van der Waals surface area contributed by atoms with Gasteiger partial charge in [0.1, 0.15) is 5.75 Å². The lowest BCUT2D eigenvalue weighted by Crippen LogP contribution is -2.40. The molecule has 1 heterocycles. The number of fused-ring (bicyclic) bond motifs is 1. The number of aryl methyl sites for hydroxylation is 1. The van der Waals surface area contributed by atoms with Gasteiger partial charge in [-0.3, -0.25) is 9.59 Å². The minimum atomic E-state index is -4.58. The molecule has 0 fully saturated rings.